The van der Waals surface area contributed by atoms with Crippen molar-refractivity contribution in [3.63, 3.8) is 0 Å². The van der Waals surface area contributed by atoms with Crippen molar-refractivity contribution >= 4 is 17.4 Å². The second kappa shape index (κ2) is 8.99. The van der Waals surface area contributed by atoms with E-state index >= 15 is 0 Å². The fraction of sp³-hybridized carbons (Fsp3) is 0.400. The lowest BCUT2D eigenvalue weighted by atomic mass is 10.1. The summed E-state index contributed by atoms with van der Waals surface area (Å²) in [6.07, 6.45) is -0.706. The molecule has 36 heavy (non-hydrogen) atoms. The number of imidazole rings is 1. The summed E-state index contributed by atoms with van der Waals surface area (Å²) in [4.78, 5) is 5.98. The lowest BCUT2D eigenvalue weighted by Gasteiger charge is -2.30. The average molecular weight is 518 g/mol. The number of aryl methyl sites for hydroxylation is 3. The molecule has 0 saturated carbocycles. The molecule has 11 heteroatoms. The largest absolute Gasteiger partial charge is 0.434 e. The molecule has 1 aromatic carbocycles. The van der Waals surface area contributed by atoms with Crippen LogP contribution in [-0.4, -0.2) is 35.7 Å². The van der Waals surface area contributed by atoms with Gasteiger partial charge in [-0.15, -0.1) is 0 Å². The van der Waals surface area contributed by atoms with E-state index < -0.39 is 11.9 Å². The number of halogens is 4. The van der Waals surface area contributed by atoms with Gasteiger partial charge in [-0.25, -0.2) is 9.67 Å². The summed E-state index contributed by atoms with van der Waals surface area (Å²) >= 11 is 6.94. The number of rotatable bonds is 5. The molecule has 0 aliphatic carbocycles. The second-order valence-corrected chi connectivity index (χ2v) is 9.83. The SMILES string of the molecule is Cc1cnn(C(C)C)c1-c1nn2c(c1Cl)N(Cc1ccc(-c3nc(C(F)(F)F)cn3C)cc1)CCC2. The smallest absolute Gasteiger partial charge is 0.351 e. The maximum Gasteiger partial charge on any atom is 0.434 e. The molecule has 3 aromatic heterocycles. The summed E-state index contributed by atoms with van der Waals surface area (Å²) in [6, 6.07) is 7.61. The summed E-state index contributed by atoms with van der Waals surface area (Å²) in [5, 5.41) is 9.96. The Hall–Kier alpha value is -3.27. The van der Waals surface area contributed by atoms with Gasteiger partial charge in [-0.2, -0.15) is 23.4 Å². The van der Waals surface area contributed by atoms with Gasteiger partial charge in [0.25, 0.3) is 0 Å². The number of hydrogen-bond acceptors (Lipinski definition) is 4. The van der Waals surface area contributed by atoms with E-state index in [4.69, 9.17) is 16.7 Å². The zero-order valence-corrected chi connectivity index (χ0v) is 21.3. The third-order valence-electron chi connectivity index (χ3n) is 6.41. The molecule has 0 saturated heterocycles. The molecule has 7 nitrogen and oxygen atoms in total. The number of benzene rings is 1. The first kappa shape index (κ1) is 24.4. The quantitative estimate of drug-likeness (QED) is 0.320. The van der Waals surface area contributed by atoms with Gasteiger partial charge >= 0.3 is 6.18 Å². The van der Waals surface area contributed by atoms with Gasteiger partial charge in [-0.3, -0.25) is 4.68 Å². The first-order valence-electron chi connectivity index (χ1n) is 11.8. The summed E-state index contributed by atoms with van der Waals surface area (Å²) in [5.74, 6) is 1.14. The van der Waals surface area contributed by atoms with E-state index in [-0.39, 0.29) is 11.9 Å². The molecule has 0 radical (unpaired) electrons. The van der Waals surface area contributed by atoms with Crippen LogP contribution in [-0.2, 0) is 26.3 Å². The number of aromatic nitrogens is 6. The third kappa shape index (κ3) is 4.27. The number of nitrogens with zero attached hydrogens (tertiary/aromatic N) is 7. The molecule has 0 N–H and O–H groups in total. The zero-order chi connectivity index (χ0) is 25.8. The van der Waals surface area contributed by atoms with Crippen LogP contribution in [0.1, 0.15) is 43.1 Å². The van der Waals surface area contributed by atoms with Crippen molar-refractivity contribution in [1.82, 2.24) is 29.1 Å². The Morgan fingerprint density at radius 3 is 2.47 bits per heavy atom. The Balaban J connectivity index is 1.42. The van der Waals surface area contributed by atoms with Gasteiger partial charge < -0.3 is 9.47 Å². The van der Waals surface area contributed by atoms with Crippen LogP contribution in [0.4, 0.5) is 19.0 Å². The molecule has 0 unspecified atom stereocenters. The molecule has 5 rings (SSSR count). The van der Waals surface area contributed by atoms with Crippen molar-refractivity contribution in [2.45, 2.75) is 52.5 Å². The predicted molar refractivity (Wildman–Crippen MR) is 133 cm³/mol. The molecule has 4 heterocycles. The van der Waals surface area contributed by atoms with Crippen molar-refractivity contribution in [2.75, 3.05) is 11.4 Å². The summed E-state index contributed by atoms with van der Waals surface area (Å²) < 4.78 is 44.4. The monoisotopic (exact) mass is 517 g/mol. The first-order chi connectivity index (χ1) is 17.0. The number of anilines is 1. The van der Waals surface area contributed by atoms with Crippen LogP contribution in [0.15, 0.2) is 36.7 Å². The molecule has 0 bridgehead atoms. The topological polar surface area (TPSA) is 56.7 Å². The van der Waals surface area contributed by atoms with Crippen molar-refractivity contribution in [1.29, 1.82) is 0 Å². The Bertz CT molecular complexity index is 1400. The van der Waals surface area contributed by atoms with Gasteiger partial charge in [-0.05, 0) is 38.3 Å². The van der Waals surface area contributed by atoms with E-state index in [1.165, 1.54) is 4.57 Å². The van der Waals surface area contributed by atoms with Crippen molar-refractivity contribution in [2.24, 2.45) is 7.05 Å². The van der Waals surface area contributed by atoms with Crippen LogP contribution in [0.3, 0.4) is 0 Å². The Morgan fingerprint density at radius 2 is 1.83 bits per heavy atom. The molecule has 0 amide bonds. The highest BCUT2D eigenvalue weighted by Gasteiger charge is 2.34. The second-order valence-electron chi connectivity index (χ2n) is 9.45. The van der Waals surface area contributed by atoms with Crippen LogP contribution in [0.25, 0.3) is 22.8 Å². The van der Waals surface area contributed by atoms with E-state index in [1.54, 1.807) is 19.2 Å². The maximum atomic E-state index is 13.0. The molecule has 0 atom stereocenters. The van der Waals surface area contributed by atoms with E-state index in [0.717, 1.165) is 54.0 Å². The van der Waals surface area contributed by atoms with Crippen LogP contribution in [0.2, 0.25) is 5.02 Å². The van der Waals surface area contributed by atoms with E-state index in [2.05, 4.69) is 28.8 Å². The maximum absolute atomic E-state index is 13.0. The van der Waals surface area contributed by atoms with Crippen molar-refractivity contribution in [3.05, 3.63) is 58.5 Å². The third-order valence-corrected chi connectivity index (χ3v) is 6.76. The highest BCUT2D eigenvalue weighted by molar-refractivity contribution is 6.35. The van der Waals surface area contributed by atoms with Crippen molar-refractivity contribution < 1.29 is 13.2 Å². The Morgan fingerprint density at radius 1 is 1.11 bits per heavy atom. The summed E-state index contributed by atoms with van der Waals surface area (Å²) in [7, 11) is 1.56. The lowest BCUT2D eigenvalue weighted by molar-refractivity contribution is -0.140. The molecule has 0 fully saturated rings. The molecule has 190 valence electrons. The molecule has 4 aromatic rings. The molecular weight excluding hydrogens is 491 g/mol. The van der Waals surface area contributed by atoms with Crippen LogP contribution in [0.5, 0.6) is 0 Å². The van der Waals surface area contributed by atoms with E-state index in [1.807, 2.05) is 34.6 Å². The Kier molecular flexibility index (Phi) is 6.10. The number of hydrogen-bond donors (Lipinski definition) is 0. The minimum atomic E-state index is -4.48. The van der Waals surface area contributed by atoms with Crippen LogP contribution in [0, 0.1) is 6.92 Å². The van der Waals surface area contributed by atoms with Crippen LogP contribution >= 0.6 is 11.6 Å². The van der Waals surface area contributed by atoms with E-state index in [0.29, 0.717) is 17.1 Å². The van der Waals surface area contributed by atoms with Gasteiger partial charge in [0.05, 0.1) is 11.9 Å². The standard InChI is InChI=1S/C25H27ClF3N7/c1-15(2)36-22(16(3)12-30-36)21-20(26)24-34(10-5-11-35(24)32-21)13-17-6-8-18(9-7-17)23-31-19(14-33(23)4)25(27,28)29/h6-9,12,14-15H,5,10-11,13H2,1-4H3. The highest BCUT2D eigenvalue weighted by atomic mass is 35.5. The fourth-order valence-corrected chi connectivity index (χ4v) is 5.04. The number of alkyl halides is 3. The van der Waals surface area contributed by atoms with Gasteiger partial charge in [0.2, 0.25) is 0 Å². The predicted octanol–water partition coefficient (Wildman–Crippen LogP) is 6.12. The molecule has 1 aliphatic heterocycles. The Labute approximate surface area is 212 Å². The first-order valence-corrected chi connectivity index (χ1v) is 12.2. The van der Waals surface area contributed by atoms with Gasteiger partial charge in [0, 0.05) is 44.5 Å². The lowest BCUT2D eigenvalue weighted by Crippen LogP contribution is -2.31. The average Bonchev–Trinajstić information content (AvgIpc) is 3.49. The van der Waals surface area contributed by atoms with Crippen molar-refractivity contribution in [3.8, 4) is 22.8 Å². The van der Waals surface area contributed by atoms with E-state index in [9.17, 15) is 13.2 Å². The van der Waals surface area contributed by atoms with Crippen LogP contribution < -0.4 is 4.90 Å². The minimum Gasteiger partial charge on any atom is -0.351 e. The molecule has 0 spiro atoms. The molecular formula is C25H27ClF3N7. The summed E-state index contributed by atoms with van der Waals surface area (Å²) in [6.45, 7) is 8.36. The highest BCUT2D eigenvalue weighted by Crippen LogP contribution is 2.40. The van der Waals surface area contributed by atoms with Gasteiger partial charge in [0.1, 0.15) is 22.4 Å². The van der Waals surface area contributed by atoms with Gasteiger partial charge in [-0.1, -0.05) is 35.9 Å². The van der Waals surface area contributed by atoms with Gasteiger partial charge in [0.15, 0.2) is 5.69 Å². The fourth-order valence-electron chi connectivity index (χ4n) is 4.70. The normalized spacial score (nSPS) is 14.1. The zero-order valence-electron chi connectivity index (χ0n) is 20.5. The molecule has 1 aliphatic rings. The summed E-state index contributed by atoms with van der Waals surface area (Å²) in [5.41, 5.74) is 3.41. The number of fused-ring (bicyclic) bond motifs is 1. The minimum absolute atomic E-state index is 0.170.